The quantitative estimate of drug-likeness (QED) is 0.909. The standard InChI is InChI=1S/C12H13F2N3O/c1-2-3-10(15)12-16-11(17-18-12)7-4-5-8(13)9(14)6-7/h4-6,10H,2-3,15H2,1H3/t10-/m0/s1. The summed E-state index contributed by atoms with van der Waals surface area (Å²) in [5, 5.41) is 3.71. The molecule has 4 nitrogen and oxygen atoms in total. The number of halogens is 2. The van der Waals surface area contributed by atoms with E-state index in [4.69, 9.17) is 10.3 Å². The van der Waals surface area contributed by atoms with Crippen molar-refractivity contribution in [3.63, 3.8) is 0 Å². The topological polar surface area (TPSA) is 64.9 Å². The maximum absolute atomic E-state index is 13.1. The molecule has 2 aromatic rings. The summed E-state index contributed by atoms with van der Waals surface area (Å²) >= 11 is 0. The minimum atomic E-state index is -0.947. The molecule has 1 heterocycles. The molecule has 0 aliphatic rings. The van der Waals surface area contributed by atoms with E-state index in [1.54, 1.807) is 0 Å². The van der Waals surface area contributed by atoms with E-state index < -0.39 is 11.6 Å². The van der Waals surface area contributed by atoms with Gasteiger partial charge in [0.1, 0.15) is 0 Å². The minimum absolute atomic E-state index is 0.204. The summed E-state index contributed by atoms with van der Waals surface area (Å²) in [4.78, 5) is 4.08. The van der Waals surface area contributed by atoms with Crippen LogP contribution in [-0.4, -0.2) is 10.1 Å². The maximum Gasteiger partial charge on any atom is 0.243 e. The lowest BCUT2D eigenvalue weighted by atomic mass is 10.2. The van der Waals surface area contributed by atoms with E-state index in [-0.39, 0.29) is 11.9 Å². The van der Waals surface area contributed by atoms with Gasteiger partial charge in [-0.2, -0.15) is 4.98 Å². The first kappa shape index (κ1) is 12.6. The summed E-state index contributed by atoms with van der Waals surface area (Å²) in [6.45, 7) is 1.99. The van der Waals surface area contributed by atoms with Crippen LogP contribution in [0, 0.1) is 11.6 Å². The number of nitrogens with zero attached hydrogens (tertiary/aromatic N) is 2. The van der Waals surface area contributed by atoms with Gasteiger partial charge in [-0.3, -0.25) is 0 Å². The fourth-order valence-corrected chi connectivity index (χ4v) is 1.57. The van der Waals surface area contributed by atoms with Crippen molar-refractivity contribution in [1.82, 2.24) is 10.1 Å². The molecule has 0 amide bonds. The second-order valence-corrected chi connectivity index (χ2v) is 3.98. The third-order valence-electron chi connectivity index (χ3n) is 2.54. The first-order valence-corrected chi connectivity index (χ1v) is 5.66. The zero-order valence-corrected chi connectivity index (χ0v) is 9.86. The first-order valence-electron chi connectivity index (χ1n) is 5.66. The molecule has 0 spiro atoms. The van der Waals surface area contributed by atoms with Gasteiger partial charge in [-0.05, 0) is 24.6 Å². The predicted octanol–water partition coefficient (Wildman–Crippen LogP) is 2.81. The van der Waals surface area contributed by atoms with Crippen molar-refractivity contribution in [2.24, 2.45) is 5.73 Å². The SMILES string of the molecule is CCC[C@H](N)c1nc(-c2ccc(F)c(F)c2)no1. The van der Waals surface area contributed by atoms with Crippen LogP contribution >= 0.6 is 0 Å². The Morgan fingerprint density at radius 3 is 2.78 bits per heavy atom. The summed E-state index contributed by atoms with van der Waals surface area (Å²) < 4.78 is 30.9. The fourth-order valence-electron chi connectivity index (χ4n) is 1.57. The van der Waals surface area contributed by atoms with Crippen LogP contribution in [0.5, 0.6) is 0 Å². The van der Waals surface area contributed by atoms with Crippen LogP contribution in [0.2, 0.25) is 0 Å². The third kappa shape index (κ3) is 2.53. The van der Waals surface area contributed by atoms with Gasteiger partial charge in [0.05, 0.1) is 6.04 Å². The van der Waals surface area contributed by atoms with E-state index >= 15 is 0 Å². The van der Waals surface area contributed by atoms with Crippen LogP contribution in [0.15, 0.2) is 22.7 Å². The minimum Gasteiger partial charge on any atom is -0.337 e. The summed E-state index contributed by atoms with van der Waals surface area (Å²) in [7, 11) is 0. The highest BCUT2D eigenvalue weighted by Crippen LogP contribution is 2.21. The molecule has 0 saturated heterocycles. The smallest absolute Gasteiger partial charge is 0.243 e. The summed E-state index contributed by atoms with van der Waals surface area (Å²) in [6.07, 6.45) is 1.61. The van der Waals surface area contributed by atoms with Crippen LogP contribution in [0.4, 0.5) is 8.78 Å². The second-order valence-electron chi connectivity index (χ2n) is 3.98. The zero-order valence-electron chi connectivity index (χ0n) is 9.86. The molecule has 0 aliphatic carbocycles. The Balaban J connectivity index is 2.26. The van der Waals surface area contributed by atoms with Crippen molar-refractivity contribution in [2.75, 3.05) is 0 Å². The molecule has 6 heteroatoms. The van der Waals surface area contributed by atoms with Crippen LogP contribution in [0.25, 0.3) is 11.4 Å². The van der Waals surface area contributed by atoms with E-state index in [9.17, 15) is 8.78 Å². The van der Waals surface area contributed by atoms with Gasteiger partial charge in [0.25, 0.3) is 0 Å². The zero-order chi connectivity index (χ0) is 13.1. The van der Waals surface area contributed by atoms with Gasteiger partial charge in [-0.15, -0.1) is 0 Å². The Kier molecular flexibility index (Phi) is 3.66. The van der Waals surface area contributed by atoms with E-state index in [0.717, 1.165) is 25.0 Å². The number of rotatable bonds is 4. The monoisotopic (exact) mass is 253 g/mol. The normalized spacial score (nSPS) is 12.7. The molecule has 1 atom stereocenters. The maximum atomic E-state index is 13.1. The van der Waals surface area contributed by atoms with E-state index in [2.05, 4.69) is 10.1 Å². The fraction of sp³-hybridized carbons (Fsp3) is 0.333. The molecule has 0 aliphatic heterocycles. The largest absolute Gasteiger partial charge is 0.337 e. The molecule has 1 aromatic carbocycles. The van der Waals surface area contributed by atoms with Gasteiger partial charge >= 0.3 is 0 Å². The van der Waals surface area contributed by atoms with Gasteiger partial charge < -0.3 is 10.3 Å². The van der Waals surface area contributed by atoms with E-state index in [0.29, 0.717) is 11.5 Å². The van der Waals surface area contributed by atoms with Gasteiger partial charge in [-0.25, -0.2) is 8.78 Å². The van der Waals surface area contributed by atoms with Crippen molar-refractivity contribution in [2.45, 2.75) is 25.8 Å². The molecule has 0 saturated carbocycles. The molecule has 0 bridgehead atoms. The molecular formula is C12H13F2N3O. The molecule has 18 heavy (non-hydrogen) atoms. The highest BCUT2D eigenvalue weighted by molar-refractivity contribution is 5.54. The van der Waals surface area contributed by atoms with Crippen LogP contribution in [0.3, 0.4) is 0 Å². The van der Waals surface area contributed by atoms with E-state index in [1.807, 2.05) is 6.92 Å². The molecule has 96 valence electrons. The molecule has 2 rings (SSSR count). The Bertz CT molecular complexity index is 542. The third-order valence-corrected chi connectivity index (χ3v) is 2.54. The predicted molar refractivity (Wildman–Crippen MR) is 61.5 cm³/mol. The Morgan fingerprint density at radius 2 is 2.11 bits per heavy atom. The second kappa shape index (κ2) is 5.22. The highest BCUT2D eigenvalue weighted by atomic mass is 19.2. The molecule has 1 aromatic heterocycles. The van der Waals surface area contributed by atoms with Gasteiger partial charge in [0, 0.05) is 5.56 Å². The summed E-state index contributed by atoms with van der Waals surface area (Å²) in [5.41, 5.74) is 6.17. The number of hydrogen-bond acceptors (Lipinski definition) is 4. The lowest BCUT2D eigenvalue weighted by Gasteiger charge is -2.02. The Labute approximate surface area is 103 Å². The number of nitrogens with two attached hydrogens (primary N) is 1. The van der Waals surface area contributed by atoms with Crippen LogP contribution < -0.4 is 5.73 Å². The number of aromatic nitrogens is 2. The van der Waals surface area contributed by atoms with Crippen molar-refractivity contribution in [3.8, 4) is 11.4 Å². The van der Waals surface area contributed by atoms with Gasteiger partial charge in [-0.1, -0.05) is 18.5 Å². The molecule has 0 fully saturated rings. The van der Waals surface area contributed by atoms with Crippen molar-refractivity contribution >= 4 is 0 Å². The summed E-state index contributed by atoms with van der Waals surface area (Å²) in [6, 6.07) is 3.10. The number of hydrogen-bond donors (Lipinski definition) is 1. The van der Waals surface area contributed by atoms with Gasteiger partial charge in [0.2, 0.25) is 11.7 Å². The first-order chi connectivity index (χ1) is 8.61. The average Bonchev–Trinajstić information content (AvgIpc) is 2.82. The Hall–Kier alpha value is -1.82. The van der Waals surface area contributed by atoms with Crippen LogP contribution in [0.1, 0.15) is 31.7 Å². The van der Waals surface area contributed by atoms with E-state index in [1.165, 1.54) is 6.07 Å². The average molecular weight is 253 g/mol. The number of benzene rings is 1. The molecule has 0 unspecified atom stereocenters. The molecule has 2 N–H and O–H groups in total. The van der Waals surface area contributed by atoms with Crippen molar-refractivity contribution in [1.29, 1.82) is 0 Å². The lowest BCUT2D eigenvalue weighted by Crippen LogP contribution is -2.09. The molecule has 0 radical (unpaired) electrons. The van der Waals surface area contributed by atoms with Crippen molar-refractivity contribution in [3.05, 3.63) is 35.7 Å². The lowest BCUT2D eigenvalue weighted by molar-refractivity contribution is 0.348. The van der Waals surface area contributed by atoms with Crippen LogP contribution in [-0.2, 0) is 0 Å². The molecular weight excluding hydrogens is 240 g/mol. The highest BCUT2D eigenvalue weighted by Gasteiger charge is 2.15. The summed E-state index contributed by atoms with van der Waals surface area (Å²) in [5.74, 6) is -1.35. The van der Waals surface area contributed by atoms with Gasteiger partial charge in [0.15, 0.2) is 11.6 Å². The van der Waals surface area contributed by atoms with Crippen molar-refractivity contribution < 1.29 is 13.3 Å². The Morgan fingerprint density at radius 1 is 1.33 bits per heavy atom.